The smallest absolute Gasteiger partial charge is 0.127 e. The highest BCUT2D eigenvalue weighted by Crippen LogP contribution is 2.34. The van der Waals surface area contributed by atoms with Crippen molar-refractivity contribution in [1.29, 1.82) is 0 Å². The number of rotatable bonds is 3. The summed E-state index contributed by atoms with van der Waals surface area (Å²) in [6, 6.07) is 8.10. The Morgan fingerprint density at radius 3 is 2.67 bits per heavy atom. The number of furan rings is 1. The van der Waals surface area contributed by atoms with E-state index in [1.54, 1.807) is 11.3 Å². The third-order valence-electron chi connectivity index (χ3n) is 2.29. The first kappa shape index (κ1) is 10.8. The number of halogens is 1. The number of hydrogen-bond donors (Lipinski definition) is 0. The van der Waals surface area contributed by atoms with Crippen molar-refractivity contribution in [1.82, 2.24) is 0 Å². The molecule has 0 amide bonds. The van der Waals surface area contributed by atoms with Crippen LogP contribution in [0.2, 0.25) is 0 Å². The highest BCUT2D eigenvalue weighted by molar-refractivity contribution is 7.12. The number of thiophene rings is 1. The molecule has 2 heterocycles. The van der Waals surface area contributed by atoms with Crippen LogP contribution in [0.3, 0.4) is 0 Å². The molecule has 2 aromatic heterocycles. The lowest BCUT2D eigenvalue weighted by atomic mass is 10.2. The molecule has 0 aliphatic carbocycles. The van der Waals surface area contributed by atoms with Gasteiger partial charge in [-0.2, -0.15) is 0 Å². The Morgan fingerprint density at radius 1 is 1.33 bits per heavy atom. The predicted molar refractivity (Wildman–Crippen MR) is 64.8 cm³/mol. The molecule has 0 fully saturated rings. The van der Waals surface area contributed by atoms with Crippen LogP contribution in [0.4, 0.5) is 0 Å². The minimum Gasteiger partial charge on any atom is -0.464 e. The second-order valence-electron chi connectivity index (χ2n) is 3.47. The fraction of sp³-hybridized carbons (Fsp3) is 0.333. The third kappa shape index (κ3) is 2.27. The molecule has 0 aliphatic heterocycles. The summed E-state index contributed by atoms with van der Waals surface area (Å²) in [4.78, 5) is 2.42. The molecule has 0 N–H and O–H groups in total. The van der Waals surface area contributed by atoms with E-state index < -0.39 is 0 Å². The minimum atomic E-state index is -0.149. The number of alkyl halides is 1. The van der Waals surface area contributed by atoms with Crippen LogP contribution in [0.15, 0.2) is 28.7 Å². The first-order chi connectivity index (χ1) is 7.20. The summed E-state index contributed by atoms with van der Waals surface area (Å²) in [5.74, 6) is 1.83. The Kier molecular flexibility index (Phi) is 3.17. The summed E-state index contributed by atoms with van der Waals surface area (Å²) in [5, 5.41) is -0.149. The zero-order chi connectivity index (χ0) is 10.8. The minimum absolute atomic E-state index is 0.149. The van der Waals surface area contributed by atoms with Crippen molar-refractivity contribution in [2.45, 2.75) is 25.6 Å². The Bertz CT molecular complexity index is 444. The van der Waals surface area contributed by atoms with Gasteiger partial charge in [0, 0.05) is 16.2 Å². The van der Waals surface area contributed by atoms with Gasteiger partial charge in [-0.15, -0.1) is 22.9 Å². The third-order valence-corrected chi connectivity index (χ3v) is 3.94. The van der Waals surface area contributed by atoms with Gasteiger partial charge in [0.15, 0.2) is 0 Å². The van der Waals surface area contributed by atoms with E-state index in [1.165, 1.54) is 4.88 Å². The van der Waals surface area contributed by atoms with Crippen LogP contribution in [0.5, 0.6) is 0 Å². The standard InChI is InChI=1S/C12H13ClOS/c1-3-9-5-6-10(14-9)12(13)11-7-4-8(2)15-11/h4-7,12H,3H2,1-2H3. The molecular weight excluding hydrogens is 228 g/mol. The summed E-state index contributed by atoms with van der Waals surface area (Å²) < 4.78 is 5.63. The summed E-state index contributed by atoms with van der Waals surface area (Å²) in [7, 11) is 0. The molecule has 0 saturated carbocycles. The Hall–Kier alpha value is -0.730. The van der Waals surface area contributed by atoms with Crippen molar-refractivity contribution < 1.29 is 4.42 Å². The first-order valence-electron chi connectivity index (χ1n) is 4.99. The van der Waals surface area contributed by atoms with E-state index >= 15 is 0 Å². The molecule has 0 spiro atoms. The zero-order valence-electron chi connectivity index (χ0n) is 8.79. The topological polar surface area (TPSA) is 13.1 Å². The lowest BCUT2D eigenvalue weighted by Crippen LogP contribution is -1.86. The maximum Gasteiger partial charge on any atom is 0.127 e. The second kappa shape index (κ2) is 4.42. The molecule has 0 aromatic carbocycles. The molecule has 2 aromatic rings. The van der Waals surface area contributed by atoms with Crippen molar-refractivity contribution >= 4 is 22.9 Å². The fourth-order valence-electron chi connectivity index (χ4n) is 1.45. The SMILES string of the molecule is CCc1ccc(C(Cl)c2ccc(C)s2)o1. The molecule has 15 heavy (non-hydrogen) atoms. The number of hydrogen-bond acceptors (Lipinski definition) is 2. The van der Waals surface area contributed by atoms with Gasteiger partial charge in [0.1, 0.15) is 16.9 Å². The molecule has 0 bridgehead atoms. The maximum absolute atomic E-state index is 6.33. The van der Waals surface area contributed by atoms with Gasteiger partial charge in [0.2, 0.25) is 0 Å². The van der Waals surface area contributed by atoms with Crippen molar-refractivity contribution in [3.05, 3.63) is 45.5 Å². The monoisotopic (exact) mass is 240 g/mol. The van der Waals surface area contributed by atoms with Crippen LogP contribution < -0.4 is 0 Å². The van der Waals surface area contributed by atoms with Gasteiger partial charge in [0.05, 0.1) is 0 Å². The van der Waals surface area contributed by atoms with Gasteiger partial charge in [0.25, 0.3) is 0 Å². The summed E-state index contributed by atoms with van der Waals surface area (Å²) in [6.07, 6.45) is 0.910. The largest absolute Gasteiger partial charge is 0.464 e. The molecule has 3 heteroatoms. The van der Waals surface area contributed by atoms with Gasteiger partial charge in [-0.05, 0) is 31.2 Å². The highest BCUT2D eigenvalue weighted by Gasteiger charge is 2.16. The lowest BCUT2D eigenvalue weighted by molar-refractivity contribution is 0.475. The molecule has 2 rings (SSSR count). The zero-order valence-corrected chi connectivity index (χ0v) is 10.4. The van der Waals surface area contributed by atoms with Crippen molar-refractivity contribution in [2.24, 2.45) is 0 Å². The Balaban J connectivity index is 2.23. The fourth-order valence-corrected chi connectivity index (χ4v) is 2.64. The Morgan fingerprint density at radius 2 is 2.13 bits per heavy atom. The van der Waals surface area contributed by atoms with E-state index in [1.807, 2.05) is 12.1 Å². The molecule has 1 atom stereocenters. The van der Waals surface area contributed by atoms with E-state index in [2.05, 4.69) is 26.0 Å². The van der Waals surface area contributed by atoms with Crippen LogP contribution in [0.25, 0.3) is 0 Å². The molecule has 1 nitrogen and oxygen atoms in total. The quantitative estimate of drug-likeness (QED) is 0.718. The molecular formula is C12H13ClOS. The summed E-state index contributed by atoms with van der Waals surface area (Å²) in [5.41, 5.74) is 0. The van der Waals surface area contributed by atoms with Crippen LogP contribution in [-0.4, -0.2) is 0 Å². The molecule has 0 radical (unpaired) electrons. The predicted octanol–water partition coefficient (Wildman–Crippen LogP) is 4.54. The molecule has 80 valence electrons. The van der Waals surface area contributed by atoms with Gasteiger partial charge < -0.3 is 4.42 Å². The van der Waals surface area contributed by atoms with Gasteiger partial charge in [-0.3, -0.25) is 0 Å². The van der Waals surface area contributed by atoms with E-state index in [4.69, 9.17) is 16.0 Å². The van der Waals surface area contributed by atoms with Crippen molar-refractivity contribution in [3.63, 3.8) is 0 Å². The van der Waals surface area contributed by atoms with E-state index in [0.29, 0.717) is 0 Å². The average molecular weight is 241 g/mol. The normalized spacial score (nSPS) is 13.0. The Labute approximate surface area is 98.7 Å². The molecule has 0 aliphatic rings. The van der Waals surface area contributed by atoms with E-state index in [0.717, 1.165) is 22.8 Å². The van der Waals surface area contributed by atoms with E-state index in [9.17, 15) is 0 Å². The van der Waals surface area contributed by atoms with Gasteiger partial charge in [-0.1, -0.05) is 6.92 Å². The van der Waals surface area contributed by atoms with Crippen molar-refractivity contribution in [3.8, 4) is 0 Å². The highest BCUT2D eigenvalue weighted by atomic mass is 35.5. The maximum atomic E-state index is 6.33. The van der Waals surface area contributed by atoms with Crippen LogP contribution in [-0.2, 0) is 6.42 Å². The lowest BCUT2D eigenvalue weighted by Gasteiger charge is -2.02. The second-order valence-corrected chi connectivity index (χ2v) is 5.22. The van der Waals surface area contributed by atoms with Gasteiger partial charge in [-0.25, -0.2) is 0 Å². The summed E-state index contributed by atoms with van der Waals surface area (Å²) in [6.45, 7) is 4.15. The van der Waals surface area contributed by atoms with Gasteiger partial charge >= 0.3 is 0 Å². The molecule has 0 saturated heterocycles. The van der Waals surface area contributed by atoms with Crippen LogP contribution in [0.1, 0.15) is 33.6 Å². The molecule has 1 unspecified atom stereocenters. The summed E-state index contributed by atoms with van der Waals surface area (Å²) >= 11 is 8.05. The van der Waals surface area contributed by atoms with Crippen LogP contribution in [0, 0.1) is 6.92 Å². The van der Waals surface area contributed by atoms with Crippen LogP contribution >= 0.6 is 22.9 Å². The first-order valence-corrected chi connectivity index (χ1v) is 6.25. The average Bonchev–Trinajstić information content (AvgIpc) is 2.84. The van der Waals surface area contributed by atoms with Crippen molar-refractivity contribution in [2.75, 3.05) is 0 Å². The number of aryl methyl sites for hydroxylation is 2. The van der Waals surface area contributed by atoms with E-state index in [-0.39, 0.29) is 5.38 Å².